The van der Waals surface area contributed by atoms with E-state index in [1.54, 1.807) is 11.3 Å². The zero-order valence-electron chi connectivity index (χ0n) is 9.99. The van der Waals surface area contributed by atoms with Gasteiger partial charge < -0.3 is 10.2 Å². The van der Waals surface area contributed by atoms with Gasteiger partial charge in [0.15, 0.2) is 0 Å². The monoisotopic (exact) mass is 314 g/mol. The van der Waals surface area contributed by atoms with Gasteiger partial charge in [-0.05, 0) is 71.7 Å². The summed E-state index contributed by atoms with van der Waals surface area (Å²) in [6.07, 6.45) is 5.53. The van der Waals surface area contributed by atoms with Crippen molar-refractivity contribution < 1.29 is 0 Å². The first-order chi connectivity index (χ1) is 8.31. The van der Waals surface area contributed by atoms with E-state index < -0.39 is 0 Å². The van der Waals surface area contributed by atoms with Crippen molar-refractivity contribution in [1.29, 1.82) is 0 Å². The average Bonchev–Trinajstić information content (AvgIpc) is 3.11. The molecule has 0 unspecified atom stereocenters. The number of halogens is 1. The lowest BCUT2D eigenvalue weighted by molar-refractivity contribution is 0.189. The van der Waals surface area contributed by atoms with Crippen LogP contribution >= 0.6 is 27.3 Å². The summed E-state index contributed by atoms with van der Waals surface area (Å²) in [4.78, 5) is 2.68. The summed E-state index contributed by atoms with van der Waals surface area (Å²) in [5.41, 5.74) is 1.41. The summed E-state index contributed by atoms with van der Waals surface area (Å²) < 4.78 is 1.23. The van der Waals surface area contributed by atoms with E-state index in [0.717, 1.165) is 18.6 Å². The Morgan fingerprint density at radius 1 is 1.29 bits per heavy atom. The minimum Gasteiger partial charge on any atom is -0.310 e. The van der Waals surface area contributed by atoms with Gasteiger partial charge in [-0.1, -0.05) is 0 Å². The van der Waals surface area contributed by atoms with Crippen LogP contribution < -0.4 is 5.32 Å². The second-order valence-electron chi connectivity index (χ2n) is 5.18. The largest absolute Gasteiger partial charge is 0.310 e. The van der Waals surface area contributed by atoms with Crippen molar-refractivity contribution in [3.05, 3.63) is 20.8 Å². The molecule has 2 aliphatic rings. The van der Waals surface area contributed by atoms with Crippen LogP contribution in [0.2, 0.25) is 0 Å². The van der Waals surface area contributed by atoms with Crippen molar-refractivity contribution in [3.63, 3.8) is 0 Å². The van der Waals surface area contributed by atoms with Crippen LogP contribution in [0, 0.1) is 0 Å². The van der Waals surface area contributed by atoms with Gasteiger partial charge in [0.25, 0.3) is 0 Å². The first-order valence-corrected chi connectivity index (χ1v) is 8.19. The lowest BCUT2D eigenvalue weighted by Gasteiger charge is -2.32. The average molecular weight is 315 g/mol. The van der Waals surface area contributed by atoms with Crippen molar-refractivity contribution in [2.45, 2.75) is 44.3 Å². The van der Waals surface area contributed by atoms with Crippen molar-refractivity contribution >= 4 is 27.3 Å². The molecule has 1 aromatic rings. The first-order valence-electron chi connectivity index (χ1n) is 6.51. The highest BCUT2D eigenvalue weighted by Crippen LogP contribution is 2.29. The number of hydrogen-bond donors (Lipinski definition) is 1. The predicted octanol–water partition coefficient (Wildman–Crippen LogP) is 3.23. The van der Waals surface area contributed by atoms with Crippen LogP contribution in [0.5, 0.6) is 0 Å². The molecule has 94 valence electrons. The molecule has 1 aliphatic carbocycles. The van der Waals surface area contributed by atoms with E-state index in [1.807, 2.05) is 0 Å². The Kier molecular flexibility index (Phi) is 3.85. The van der Waals surface area contributed by atoms with Gasteiger partial charge in [-0.2, -0.15) is 0 Å². The zero-order valence-corrected chi connectivity index (χ0v) is 12.4. The van der Waals surface area contributed by atoms with Crippen molar-refractivity contribution in [2.75, 3.05) is 13.1 Å². The Morgan fingerprint density at radius 2 is 2.06 bits per heavy atom. The Balaban J connectivity index is 1.41. The molecule has 1 aliphatic heterocycles. The number of nitrogens with zero attached hydrogens (tertiary/aromatic N) is 1. The van der Waals surface area contributed by atoms with E-state index in [4.69, 9.17) is 0 Å². The van der Waals surface area contributed by atoms with Gasteiger partial charge in [-0.3, -0.25) is 0 Å². The topological polar surface area (TPSA) is 15.3 Å². The van der Waals surface area contributed by atoms with Gasteiger partial charge >= 0.3 is 0 Å². The highest BCUT2D eigenvalue weighted by Gasteiger charge is 2.31. The molecule has 2 heterocycles. The van der Waals surface area contributed by atoms with Crippen molar-refractivity contribution in [2.24, 2.45) is 0 Å². The molecule has 1 saturated carbocycles. The molecule has 0 spiro atoms. The molecule has 2 nitrogen and oxygen atoms in total. The standard InChI is InChI=1S/C13H19BrN2S/c14-13-7-10(9-17-13)8-15-11-3-5-16(6-4-11)12-1-2-12/h7,9,11-12,15H,1-6,8H2. The van der Waals surface area contributed by atoms with Crippen molar-refractivity contribution in [3.8, 4) is 0 Å². The molecule has 0 amide bonds. The van der Waals surface area contributed by atoms with E-state index in [9.17, 15) is 0 Å². The maximum Gasteiger partial charge on any atom is 0.0701 e. The third-order valence-electron chi connectivity index (χ3n) is 3.81. The number of likely N-dealkylation sites (tertiary alicyclic amines) is 1. The molecule has 17 heavy (non-hydrogen) atoms. The SMILES string of the molecule is Brc1cc(CNC2CCN(C3CC3)CC2)cs1. The van der Waals surface area contributed by atoms with Crippen molar-refractivity contribution in [1.82, 2.24) is 10.2 Å². The van der Waals surface area contributed by atoms with E-state index >= 15 is 0 Å². The molecule has 2 fully saturated rings. The minimum atomic E-state index is 0.726. The lowest BCUT2D eigenvalue weighted by atomic mass is 10.0. The van der Waals surface area contributed by atoms with E-state index in [2.05, 4.69) is 37.6 Å². The molecule has 0 aromatic carbocycles. The number of nitrogens with one attached hydrogen (secondary N) is 1. The maximum atomic E-state index is 3.69. The van der Waals surface area contributed by atoms with Gasteiger partial charge in [0, 0.05) is 18.6 Å². The maximum absolute atomic E-state index is 3.69. The Bertz CT molecular complexity index is 367. The summed E-state index contributed by atoms with van der Waals surface area (Å²) in [6, 6.07) is 3.89. The summed E-state index contributed by atoms with van der Waals surface area (Å²) in [6.45, 7) is 3.63. The quantitative estimate of drug-likeness (QED) is 0.918. The summed E-state index contributed by atoms with van der Waals surface area (Å²) in [5, 5.41) is 5.92. The predicted molar refractivity (Wildman–Crippen MR) is 76.5 cm³/mol. The summed E-state index contributed by atoms with van der Waals surface area (Å²) >= 11 is 5.28. The van der Waals surface area contributed by atoms with Crippen LogP contribution in [0.4, 0.5) is 0 Å². The first kappa shape index (κ1) is 12.2. The molecule has 1 N–H and O–H groups in total. The highest BCUT2D eigenvalue weighted by molar-refractivity contribution is 9.11. The van der Waals surface area contributed by atoms with Crippen LogP contribution in [0.25, 0.3) is 0 Å². The molecule has 4 heteroatoms. The van der Waals surface area contributed by atoms with Gasteiger partial charge in [-0.25, -0.2) is 0 Å². The number of piperidine rings is 1. The van der Waals surface area contributed by atoms with E-state index in [1.165, 1.54) is 48.1 Å². The van der Waals surface area contributed by atoms with Crippen LogP contribution in [0.3, 0.4) is 0 Å². The highest BCUT2D eigenvalue weighted by atomic mass is 79.9. The summed E-state index contributed by atoms with van der Waals surface area (Å²) in [5.74, 6) is 0. The van der Waals surface area contributed by atoms with Gasteiger partial charge in [0.2, 0.25) is 0 Å². The Labute approximate surface area is 116 Å². The third kappa shape index (κ3) is 3.31. The Hall–Kier alpha value is 0.1000. The van der Waals surface area contributed by atoms with E-state index in [0.29, 0.717) is 0 Å². The fourth-order valence-electron chi connectivity index (χ4n) is 2.61. The van der Waals surface area contributed by atoms with Gasteiger partial charge in [0.05, 0.1) is 3.79 Å². The van der Waals surface area contributed by atoms with E-state index in [-0.39, 0.29) is 0 Å². The fourth-order valence-corrected chi connectivity index (χ4v) is 3.82. The molecule has 0 bridgehead atoms. The molecule has 0 radical (unpaired) electrons. The minimum absolute atomic E-state index is 0.726. The molecular formula is C13H19BrN2S. The molecule has 1 saturated heterocycles. The van der Waals surface area contributed by atoms with Crippen LogP contribution in [-0.4, -0.2) is 30.1 Å². The third-order valence-corrected chi connectivity index (χ3v) is 5.36. The Morgan fingerprint density at radius 3 is 2.65 bits per heavy atom. The van der Waals surface area contributed by atoms with Crippen LogP contribution in [0.15, 0.2) is 15.2 Å². The number of rotatable bonds is 4. The fraction of sp³-hybridized carbons (Fsp3) is 0.692. The lowest BCUT2D eigenvalue weighted by Crippen LogP contribution is -2.43. The second-order valence-corrected chi connectivity index (χ2v) is 7.47. The molecular weight excluding hydrogens is 296 g/mol. The van der Waals surface area contributed by atoms with Crippen LogP contribution in [-0.2, 0) is 6.54 Å². The molecule has 1 aromatic heterocycles. The second kappa shape index (κ2) is 5.39. The summed E-state index contributed by atoms with van der Waals surface area (Å²) in [7, 11) is 0. The van der Waals surface area contributed by atoms with Gasteiger partial charge in [-0.15, -0.1) is 11.3 Å². The smallest absolute Gasteiger partial charge is 0.0701 e. The van der Waals surface area contributed by atoms with Crippen LogP contribution in [0.1, 0.15) is 31.2 Å². The van der Waals surface area contributed by atoms with Gasteiger partial charge in [0.1, 0.15) is 0 Å². The number of hydrogen-bond acceptors (Lipinski definition) is 3. The zero-order chi connectivity index (χ0) is 11.7. The molecule has 0 atom stereocenters. The number of thiophene rings is 1. The normalized spacial score (nSPS) is 23.1. The molecule has 3 rings (SSSR count).